The monoisotopic (exact) mass is 276 g/mol. The zero-order chi connectivity index (χ0) is 15.0. The lowest BCUT2D eigenvalue weighted by atomic mass is 10.1. The Labute approximate surface area is 119 Å². The number of carbonyl (C=O) groups is 2. The van der Waals surface area contributed by atoms with Crippen LogP contribution in [-0.4, -0.2) is 25.2 Å². The average Bonchev–Trinajstić information content (AvgIpc) is 2.42. The predicted molar refractivity (Wildman–Crippen MR) is 77.0 cm³/mol. The highest BCUT2D eigenvalue weighted by molar-refractivity contribution is 5.97. The molecular formula is C16H20O4. The maximum Gasteiger partial charge on any atom is 0.324 e. The van der Waals surface area contributed by atoms with Crippen LogP contribution >= 0.6 is 0 Å². The second kappa shape index (κ2) is 8.15. The number of ether oxygens (including phenoxy) is 2. The molecule has 0 aliphatic heterocycles. The maximum atomic E-state index is 11.8. The third-order valence-corrected chi connectivity index (χ3v) is 2.64. The van der Waals surface area contributed by atoms with Gasteiger partial charge in [-0.2, -0.15) is 0 Å². The number of rotatable bonds is 6. The molecule has 4 heteroatoms. The standard InChI is InChI=1S/C16H20O4/c1-4-19-15(17)14(16(18)20-5-2)11-10-13-8-6-12(3)7-9-13/h6-11,14H,4-5H2,1-3H3/b11-10+. The Bertz CT molecular complexity index is 456. The van der Waals surface area contributed by atoms with Gasteiger partial charge in [-0.25, -0.2) is 0 Å². The van der Waals surface area contributed by atoms with Crippen LogP contribution in [0.25, 0.3) is 6.08 Å². The minimum atomic E-state index is -1.02. The molecule has 1 aromatic carbocycles. The van der Waals surface area contributed by atoms with Gasteiger partial charge in [0.05, 0.1) is 13.2 Å². The molecule has 108 valence electrons. The molecule has 0 amide bonds. The first-order chi connectivity index (χ1) is 9.58. The lowest BCUT2D eigenvalue weighted by Crippen LogP contribution is -2.26. The van der Waals surface area contributed by atoms with Crippen molar-refractivity contribution in [2.24, 2.45) is 5.92 Å². The number of carbonyl (C=O) groups excluding carboxylic acids is 2. The summed E-state index contributed by atoms with van der Waals surface area (Å²) in [5.74, 6) is -2.19. The lowest BCUT2D eigenvalue weighted by molar-refractivity contribution is -0.158. The van der Waals surface area contributed by atoms with Crippen molar-refractivity contribution in [3.63, 3.8) is 0 Å². The van der Waals surface area contributed by atoms with Gasteiger partial charge < -0.3 is 9.47 Å². The van der Waals surface area contributed by atoms with Crippen LogP contribution in [0.2, 0.25) is 0 Å². The Hall–Kier alpha value is -2.10. The number of aryl methyl sites for hydroxylation is 1. The summed E-state index contributed by atoms with van der Waals surface area (Å²) in [6.45, 7) is 5.85. The van der Waals surface area contributed by atoms with Gasteiger partial charge in [0.1, 0.15) is 0 Å². The molecule has 0 unspecified atom stereocenters. The number of esters is 2. The van der Waals surface area contributed by atoms with Gasteiger partial charge >= 0.3 is 11.9 Å². The molecule has 0 fully saturated rings. The van der Waals surface area contributed by atoms with Crippen molar-refractivity contribution in [2.45, 2.75) is 20.8 Å². The Morgan fingerprint density at radius 2 is 1.55 bits per heavy atom. The molecule has 0 spiro atoms. The fourth-order valence-electron chi connectivity index (χ4n) is 1.60. The third kappa shape index (κ3) is 4.88. The molecule has 20 heavy (non-hydrogen) atoms. The maximum absolute atomic E-state index is 11.8. The van der Waals surface area contributed by atoms with Gasteiger partial charge in [0.2, 0.25) is 0 Å². The number of hydrogen-bond donors (Lipinski definition) is 0. The van der Waals surface area contributed by atoms with E-state index in [1.165, 1.54) is 6.08 Å². The largest absolute Gasteiger partial charge is 0.465 e. The zero-order valence-electron chi connectivity index (χ0n) is 12.1. The summed E-state index contributed by atoms with van der Waals surface area (Å²) in [5, 5.41) is 0. The fourth-order valence-corrected chi connectivity index (χ4v) is 1.60. The zero-order valence-corrected chi connectivity index (χ0v) is 12.1. The summed E-state index contributed by atoms with van der Waals surface area (Å²) in [6.07, 6.45) is 3.23. The summed E-state index contributed by atoms with van der Waals surface area (Å²) in [4.78, 5) is 23.5. The molecule has 0 aliphatic rings. The van der Waals surface area contributed by atoms with Crippen LogP contribution in [0, 0.1) is 12.8 Å². The average molecular weight is 276 g/mol. The molecule has 0 atom stereocenters. The minimum Gasteiger partial charge on any atom is -0.465 e. The Balaban J connectivity index is 2.85. The van der Waals surface area contributed by atoms with Crippen LogP contribution in [-0.2, 0) is 19.1 Å². The van der Waals surface area contributed by atoms with Crippen molar-refractivity contribution in [3.05, 3.63) is 41.5 Å². The van der Waals surface area contributed by atoms with Crippen LogP contribution in [0.1, 0.15) is 25.0 Å². The highest BCUT2D eigenvalue weighted by Gasteiger charge is 2.26. The molecule has 0 heterocycles. The smallest absolute Gasteiger partial charge is 0.324 e. The normalized spacial score (nSPS) is 10.8. The molecule has 4 nitrogen and oxygen atoms in total. The van der Waals surface area contributed by atoms with E-state index < -0.39 is 17.9 Å². The van der Waals surface area contributed by atoms with E-state index in [1.807, 2.05) is 31.2 Å². The topological polar surface area (TPSA) is 52.6 Å². The van der Waals surface area contributed by atoms with Gasteiger partial charge in [-0.3, -0.25) is 9.59 Å². The molecule has 0 aromatic heterocycles. The van der Waals surface area contributed by atoms with Crippen LogP contribution in [0.3, 0.4) is 0 Å². The van der Waals surface area contributed by atoms with Crippen molar-refractivity contribution < 1.29 is 19.1 Å². The molecule has 0 radical (unpaired) electrons. The highest BCUT2D eigenvalue weighted by Crippen LogP contribution is 2.11. The molecule has 0 saturated carbocycles. The summed E-state index contributed by atoms with van der Waals surface area (Å²) in [5.41, 5.74) is 2.06. The lowest BCUT2D eigenvalue weighted by Gasteiger charge is -2.10. The van der Waals surface area contributed by atoms with E-state index in [0.29, 0.717) is 0 Å². The van der Waals surface area contributed by atoms with E-state index in [4.69, 9.17) is 9.47 Å². The van der Waals surface area contributed by atoms with Gasteiger partial charge in [-0.15, -0.1) is 0 Å². The second-order valence-corrected chi connectivity index (χ2v) is 4.25. The van der Waals surface area contributed by atoms with E-state index >= 15 is 0 Å². The van der Waals surface area contributed by atoms with Crippen molar-refractivity contribution >= 4 is 18.0 Å². The third-order valence-electron chi connectivity index (χ3n) is 2.64. The van der Waals surface area contributed by atoms with E-state index in [0.717, 1.165) is 11.1 Å². The fraction of sp³-hybridized carbons (Fsp3) is 0.375. The summed E-state index contributed by atoms with van der Waals surface area (Å²) in [6, 6.07) is 7.76. The number of benzene rings is 1. The Morgan fingerprint density at radius 3 is 2.00 bits per heavy atom. The minimum absolute atomic E-state index is 0.229. The van der Waals surface area contributed by atoms with Crippen molar-refractivity contribution in [3.8, 4) is 0 Å². The summed E-state index contributed by atoms with van der Waals surface area (Å²) >= 11 is 0. The van der Waals surface area contributed by atoms with Crippen molar-refractivity contribution in [2.75, 3.05) is 13.2 Å². The van der Waals surface area contributed by atoms with Crippen LogP contribution in [0.4, 0.5) is 0 Å². The van der Waals surface area contributed by atoms with Crippen molar-refractivity contribution in [1.82, 2.24) is 0 Å². The van der Waals surface area contributed by atoms with Gasteiger partial charge in [0, 0.05) is 0 Å². The highest BCUT2D eigenvalue weighted by atomic mass is 16.6. The van der Waals surface area contributed by atoms with Gasteiger partial charge in [0.25, 0.3) is 0 Å². The van der Waals surface area contributed by atoms with Gasteiger partial charge in [-0.05, 0) is 26.3 Å². The first-order valence-electron chi connectivity index (χ1n) is 6.66. The molecular weight excluding hydrogens is 256 g/mol. The van der Waals surface area contributed by atoms with Gasteiger partial charge in [-0.1, -0.05) is 42.0 Å². The first kappa shape index (κ1) is 16.0. The Kier molecular flexibility index (Phi) is 6.50. The van der Waals surface area contributed by atoms with Crippen LogP contribution in [0.5, 0.6) is 0 Å². The molecule has 1 rings (SSSR count). The quantitative estimate of drug-likeness (QED) is 0.592. The van der Waals surface area contributed by atoms with E-state index in [2.05, 4.69) is 0 Å². The SMILES string of the molecule is CCOC(=O)C(/C=C/c1ccc(C)cc1)C(=O)OCC. The van der Waals surface area contributed by atoms with Crippen LogP contribution in [0.15, 0.2) is 30.3 Å². The molecule has 1 aromatic rings. The summed E-state index contributed by atoms with van der Waals surface area (Å²) in [7, 11) is 0. The second-order valence-electron chi connectivity index (χ2n) is 4.25. The molecule has 0 bridgehead atoms. The van der Waals surface area contributed by atoms with E-state index in [9.17, 15) is 9.59 Å². The summed E-state index contributed by atoms with van der Waals surface area (Å²) < 4.78 is 9.78. The van der Waals surface area contributed by atoms with E-state index in [1.54, 1.807) is 19.9 Å². The number of hydrogen-bond acceptors (Lipinski definition) is 4. The predicted octanol–water partition coefficient (Wildman–Crippen LogP) is 2.75. The molecule has 0 aliphatic carbocycles. The van der Waals surface area contributed by atoms with E-state index in [-0.39, 0.29) is 13.2 Å². The molecule has 0 saturated heterocycles. The van der Waals surface area contributed by atoms with Gasteiger partial charge in [0.15, 0.2) is 5.92 Å². The van der Waals surface area contributed by atoms with Crippen molar-refractivity contribution in [1.29, 1.82) is 0 Å². The first-order valence-corrected chi connectivity index (χ1v) is 6.66. The molecule has 0 N–H and O–H groups in total. The van der Waals surface area contributed by atoms with Crippen LogP contribution < -0.4 is 0 Å². The Morgan fingerprint density at radius 1 is 1.05 bits per heavy atom.